The Morgan fingerprint density at radius 2 is 2.31 bits per heavy atom. The number of rotatable bonds is 6. The molecule has 0 aromatic heterocycles. The Morgan fingerprint density at radius 1 is 1.50 bits per heavy atom. The predicted molar refractivity (Wildman–Crippen MR) is 57.9 cm³/mol. The lowest BCUT2D eigenvalue weighted by Gasteiger charge is -2.08. The highest BCUT2D eigenvalue weighted by molar-refractivity contribution is 5.81. The molecule has 1 unspecified atom stereocenters. The molecule has 0 saturated carbocycles. The van der Waals surface area contributed by atoms with E-state index in [2.05, 4.69) is 5.32 Å². The van der Waals surface area contributed by atoms with Crippen LogP contribution in [-0.4, -0.2) is 37.7 Å². The summed E-state index contributed by atoms with van der Waals surface area (Å²) in [6.45, 7) is 2.83. The zero-order valence-corrected chi connectivity index (χ0v) is 9.66. The van der Waals surface area contributed by atoms with Gasteiger partial charge >= 0.3 is 5.97 Å². The molecule has 16 heavy (non-hydrogen) atoms. The van der Waals surface area contributed by atoms with E-state index in [0.717, 1.165) is 25.9 Å². The summed E-state index contributed by atoms with van der Waals surface area (Å²) in [4.78, 5) is 22.3. The minimum atomic E-state index is -0.395. The third-order valence-electron chi connectivity index (χ3n) is 2.45. The molecule has 0 spiro atoms. The molecule has 0 aliphatic carbocycles. The van der Waals surface area contributed by atoms with E-state index in [1.165, 1.54) is 0 Å². The summed E-state index contributed by atoms with van der Waals surface area (Å²) in [5, 5.41) is 2.52. The highest BCUT2D eigenvalue weighted by Crippen LogP contribution is 2.16. The summed E-state index contributed by atoms with van der Waals surface area (Å²) in [7, 11) is 0. The van der Waals surface area contributed by atoms with Crippen molar-refractivity contribution >= 4 is 11.9 Å². The average molecular weight is 229 g/mol. The molecule has 1 N–H and O–H groups in total. The number of amides is 1. The molecule has 1 fully saturated rings. The highest BCUT2D eigenvalue weighted by atomic mass is 16.5. The summed E-state index contributed by atoms with van der Waals surface area (Å²) >= 11 is 0. The molecule has 0 aromatic rings. The largest absolute Gasteiger partial charge is 0.465 e. The standard InChI is InChI=1S/C11H19NO4/c1-2-15-11(14)8-12-10(13)6-5-9-4-3-7-16-9/h9H,2-8H2,1H3,(H,12,13). The maximum atomic E-state index is 11.3. The zero-order valence-electron chi connectivity index (χ0n) is 9.66. The van der Waals surface area contributed by atoms with Crippen LogP contribution in [-0.2, 0) is 19.1 Å². The van der Waals surface area contributed by atoms with E-state index in [9.17, 15) is 9.59 Å². The molecule has 0 radical (unpaired) electrons. The Hall–Kier alpha value is -1.10. The van der Waals surface area contributed by atoms with Crippen LogP contribution in [0.3, 0.4) is 0 Å². The molecule has 1 amide bonds. The maximum Gasteiger partial charge on any atom is 0.325 e. The van der Waals surface area contributed by atoms with Gasteiger partial charge in [0.05, 0.1) is 12.7 Å². The van der Waals surface area contributed by atoms with Gasteiger partial charge in [0.15, 0.2) is 0 Å². The Labute approximate surface area is 95.5 Å². The lowest BCUT2D eigenvalue weighted by Crippen LogP contribution is -2.31. The molecule has 1 saturated heterocycles. The fourth-order valence-corrected chi connectivity index (χ4v) is 1.64. The molecule has 0 bridgehead atoms. The molecule has 0 aromatic carbocycles. The number of hydrogen-bond donors (Lipinski definition) is 1. The number of carbonyl (C=O) groups excluding carboxylic acids is 2. The first-order valence-electron chi connectivity index (χ1n) is 5.76. The summed E-state index contributed by atoms with van der Waals surface area (Å²) in [5.74, 6) is -0.517. The maximum absolute atomic E-state index is 11.3. The molecule has 1 rings (SSSR count). The minimum Gasteiger partial charge on any atom is -0.465 e. The smallest absolute Gasteiger partial charge is 0.325 e. The number of nitrogens with one attached hydrogen (secondary N) is 1. The minimum absolute atomic E-state index is 0.0435. The third-order valence-corrected chi connectivity index (χ3v) is 2.45. The molecule has 1 heterocycles. The SMILES string of the molecule is CCOC(=O)CNC(=O)CCC1CCCO1. The molecule has 1 aliphatic heterocycles. The van der Waals surface area contributed by atoms with E-state index < -0.39 is 5.97 Å². The lowest BCUT2D eigenvalue weighted by molar-refractivity contribution is -0.143. The van der Waals surface area contributed by atoms with Crippen LogP contribution in [0.4, 0.5) is 0 Å². The van der Waals surface area contributed by atoms with Gasteiger partial charge in [0.2, 0.25) is 5.91 Å². The first-order chi connectivity index (χ1) is 7.72. The van der Waals surface area contributed by atoms with Gasteiger partial charge in [-0.3, -0.25) is 9.59 Å². The van der Waals surface area contributed by atoms with Gasteiger partial charge < -0.3 is 14.8 Å². The Kier molecular flexibility index (Phi) is 5.85. The Morgan fingerprint density at radius 3 is 2.94 bits per heavy atom. The van der Waals surface area contributed by atoms with Crippen LogP contribution in [0.1, 0.15) is 32.6 Å². The first kappa shape index (κ1) is 13.0. The van der Waals surface area contributed by atoms with E-state index in [1.54, 1.807) is 6.92 Å². The molecular weight excluding hydrogens is 210 g/mol. The van der Waals surface area contributed by atoms with Gasteiger partial charge in [0.25, 0.3) is 0 Å². The normalized spacial score (nSPS) is 19.4. The summed E-state index contributed by atoms with van der Waals surface area (Å²) in [6, 6.07) is 0. The van der Waals surface area contributed by atoms with Crippen molar-refractivity contribution in [1.29, 1.82) is 0 Å². The van der Waals surface area contributed by atoms with E-state index in [1.807, 2.05) is 0 Å². The van der Waals surface area contributed by atoms with Crippen LogP contribution >= 0.6 is 0 Å². The van der Waals surface area contributed by atoms with Crippen molar-refractivity contribution < 1.29 is 19.1 Å². The van der Waals surface area contributed by atoms with Gasteiger partial charge in [-0.1, -0.05) is 0 Å². The van der Waals surface area contributed by atoms with Gasteiger partial charge in [-0.2, -0.15) is 0 Å². The van der Waals surface area contributed by atoms with Crippen LogP contribution in [0.15, 0.2) is 0 Å². The van der Waals surface area contributed by atoms with Crippen LogP contribution in [0.25, 0.3) is 0 Å². The van der Waals surface area contributed by atoms with E-state index in [-0.39, 0.29) is 18.6 Å². The summed E-state index contributed by atoms with van der Waals surface area (Å²) in [6.07, 6.45) is 3.47. The van der Waals surface area contributed by atoms with E-state index in [4.69, 9.17) is 9.47 Å². The van der Waals surface area contributed by atoms with Crippen molar-refractivity contribution in [3.05, 3.63) is 0 Å². The fourth-order valence-electron chi connectivity index (χ4n) is 1.64. The van der Waals surface area contributed by atoms with Crippen LogP contribution in [0.5, 0.6) is 0 Å². The number of hydrogen-bond acceptors (Lipinski definition) is 4. The molecular formula is C11H19NO4. The van der Waals surface area contributed by atoms with Crippen molar-refractivity contribution in [3.8, 4) is 0 Å². The van der Waals surface area contributed by atoms with Gasteiger partial charge in [0.1, 0.15) is 6.54 Å². The molecule has 92 valence electrons. The van der Waals surface area contributed by atoms with Crippen molar-refractivity contribution in [2.75, 3.05) is 19.8 Å². The van der Waals surface area contributed by atoms with Crippen molar-refractivity contribution in [2.45, 2.75) is 38.7 Å². The number of ether oxygens (including phenoxy) is 2. The highest BCUT2D eigenvalue weighted by Gasteiger charge is 2.16. The second-order valence-corrected chi connectivity index (χ2v) is 3.76. The number of esters is 1. The molecule has 1 atom stereocenters. The average Bonchev–Trinajstić information content (AvgIpc) is 2.77. The topological polar surface area (TPSA) is 64.6 Å². The Balaban J connectivity index is 2.04. The quantitative estimate of drug-likeness (QED) is 0.678. The summed E-state index contributed by atoms with van der Waals surface area (Å²) in [5.41, 5.74) is 0. The third kappa shape index (κ3) is 5.11. The van der Waals surface area contributed by atoms with Gasteiger partial charge in [-0.05, 0) is 26.2 Å². The van der Waals surface area contributed by atoms with E-state index in [0.29, 0.717) is 13.0 Å². The van der Waals surface area contributed by atoms with Gasteiger partial charge in [-0.15, -0.1) is 0 Å². The van der Waals surface area contributed by atoms with Crippen molar-refractivity contribution in [1.82, 2.24) is 5.32 Å². The van der Waals surface area contributed by atoms with Crippen molar-refractivity contribution in [2.24, 2.45) is 0 Å². The zero-order chi connectivity index (χ0) is 11.8. The Bertz CT molecular complexity index is 236. The monoisotopic (exact) mass is 229 g/mol. The second kappa shape index (κ2) is 7.22. The molecule has 1 aliphatic rings. The van der Waals surface area contributed by atoms with E-state index >= 15 is 0 Å². The van der Waals surface area contributed by atoms with Crippen LogP contribution in [0.2, 0.25) is 0 Å². The van der Waals surface area contributed by atoms with Crippen molar-refractivity contribution in [3.63, 3.8) is 0 Å². The fraction of sp³-hybridized carbons (Fsp3) is 0.818. The molecule has 5 heteroatoms. The lowest BCUT2D eigenvalue weighted by atomic mass is 10.1. The predicted octanol–water partition coefficient (Wildman–Crippen LogP) is 0.625. The van der Waals surface area contributed by atoms with Gasteiger partial charge in [0, 0.05) is 13.0 Å². The first-order valence-corrected chi connectivity index (χ1v) is 5.76. The molecule has 5 nitrogen and oxygen atoms in total. The number of carbonyl (C=O) groups is 2. The second-order valence-electron chi connectivity index (χ2n) is 3.76. The summed E-state index contributed by atoms with van der Waals surface area (Å²) < 4.78 is 10.1. The van der Waals surface area contributed by atoms with Crippen LogP contribution in [0, 0.1) is 0 Å². The van der Waals surface area contributed by atoms with Crippen LogP contribution < -0.4 is 5.32 Å². The van der Waals surface area contributed by atoms with Gasteiger partial charge in [-0.25, -0.2) is 0 Å².